The van der Waals surface area contributed by atoms with Crippen LogP contribution in [0.15, 0.2) is 23.0 Å². The summed E-state index contributed by atoms with van der Waals surface area (Å²) in [5.74, 6) is -1.44. The van der Waals surface area contributed by atoms with Crippen LogP contribution in [0.25, 0.3) is 6.08 Å². The number of ether oxygens (including phenoxy) is 2. The van der Waals surface area contributed by atoms with Crippen LogP contribution in [0.5, 0.6) is 5.75 Å². The largest absolute Gasteiger partial charge is 0.569 e. The van der Waals surface area contributed by atoms with E-state index in [1.807, 2.05) is 20.8 Å². The van der Waals surface area contributed by atoms with E-state index in [4.69, 9.17) is 21.4 Å². The van der Waals surface area contributed by atoms with E-state index in [1.54, 1.807) is 0 Å². The number of hydrazine groups is 1. The predicted molar refractivity (Wildman–Crippen MR) is 106 cm³/mol. The lowest BCUT2D eigenvalue weighted by atomic mass is 9.85. The van der Waals surface area contributed by atoms with Crippen LogP contribution < -0.4 is 4.74 Å². The highest BCUT2D eigenvalue weighted by molar-refractivity contribution is 6.31. The molecule has 178 valence electrons. The van der Waals surface area contributed by atoms with Crippen LogP contribution in [-0.4, -0.2) is 60.3 Å². The third-order valence-electron chi connectivity index (χ3n) is 4.36. The van der Waals surface area contributed by atoms with Gasteiger partial charge in [0, 0.05) is 10.6 Å². The van der Waals surface area contributed by atoms with Gasteiger partial charge in [-0.2, -0.15) is 13.2 Å². The maximum atomic E-state index is 13.6. The fraction of sp³-hybridized carbons (Fsp3) is 0.526. The number of likely N-dealkylation sites (N-methyl/N-ethyl adjacent to an activating group) is 1. The van der Waals surface area contributed by atoms with Crippen molar-refractivity contribution >= 4 is 23.6 Å². The summed E-state index contributed by atoms with van der Waals surface area (Å²) in [6.45, 7) is 4.24. The molecule has 1 aromatic carbocycles. The molecule has 1 aliphatic rings. The van der Waals surface area contributed by atoms with E-state index >= 15 is 0 Å². The molecule has 0 saturated carbocycles. The topological polar surface area (TPSA) is 107 Å². The number of aliphatic hydroxyl groups excluding tert-OH is 1. The maximum absolute atomic E-state index is 13.6. The number of esters is 1. The molecule has 0 amide bonds. The van der Waals surface area contributed by atoms with E-state index in [0.29, 0.717) is 10.6 Å². The molecule has 1 aromatic rings. The van der Waals surface area contributed by atoms with E-state index in [2.05, 4.69) is 14.9 Å². The van der Waals surface area contributed by atoms with Crippen LogP contribution in [0.2, 0.25) is 5.02 Å². The van der Waals surface area contributed by atoms with E-state index in [9.17, 15) is 23.2 Å². The van der Waals surface area contributed by atoms with Gasteiger partial charge in [-0.05, 0) is 29.2 Å². The van der Waals surface area contributed by atoms with Gasteiger partial charge in [0.15, 0.2) is 0 Å². The zero-order chi connectivity index (χ0) is 24.3. The maximum Gasteiger partial charge on any atom is 0.430 e. The molecule has 0 fully saturated rings. The van der Waals surface area contributed by atoms with Crippen LogP contribution in [0.3, 0.4) is 0 Å². The molecule has 1 heterocycles. The van der Waals surface area contributed by atoms with Crippen molar-refractivity contribution in [3.63, 3.8) is 0 Å². The zero-order valence-corrected chi connectivity index (χ0v) is 18.5. The Labute approximate surface area is 187 Å². The first kappa shape index (κ1) is 25.5. The summed E-state index contributed by atoms with van der Waals surface area (Å²) in [6, 6.07) is 2.83. The Kier molecular flexibility index (Phi) is 7.83. The minimum atomic E-state index is -4.91. The van der Waals surface area contributed by atoms with Crippen molar-refractivity contribution in [1.29, 1.82) is 0 Å². The third kappa shape index (κ3) is 6.16. The minimum Gasteiger partial charge on any atom is -0.569 e. The third-order valence-corrected chi connectivity index (χ3v) is 4.68. The molecule has 0 bridgehead atoms. The summed E-state index contributed by atoms with van der Waals surface area (Å²) in [6.07, 6.45) is -6.49. The molecule has 2 rings (SSSR count). The van der Waals surface area contributed by atoms with Gasteiger partial charge in [0.1, 0.15) is 5.75 Å². The molecule has 1 unspecified atom stereocenters. The van der Waals surface area contributed by atoms with Crippen LogP contribution >= 0.6 is 11.6 Å². The molecule has 0 radical (unpaired) electrons. The van der Waals surface area contributed by atoms with Crippen molar-refractivity contribution in [2.75, 3.05) is 27.0 Å². The number of benzene rings is 1. The fourth-order valence-electron chi connectivity index (χ4n) is 2.73. The average Bonchev–Trinajstić information content (AvgIpc) is 2.68. The summed E-state index contributed by atoms with van der Waals surface area (Å²) in [4.78, 5) is 16.8. The van der Waals surface area contributed by atoms with Crippen molar-refractivity contribution in [3.8, 4) is 5.75 Å². The monoisotopic (exact) mass is 481 g/mol. The molecule has 0 spiro atoms. The van der Waals surface area contributed by atoms with Crippen molar-refractivity contribution < 1.29 is 42.4 Å². The lowest BCUT2D eigenvalue weighted by Crippen LogP contribution is -2.41. The van der Waals surface area contributed by atoms with Gasteiger partial charge < -0.3 is 24.6 Å². The summed E-state index contributed by atoms with van der Waals surface area (Å²) >= 11 is 6.27. The number of hydrogen-bond acceptors (Lipinski definition) is 7. The van der Waals surface area contributed by atoms with E-state index in [-0.39, 0.29) is 29.4 Å². The molecule has 0 aromatic heterocycles. The van der Waals surface area contributed by atoms with Gasteiger partial charge in [0.25, 0.3) is 6.79 Å². The molecule has 32 heavy (non-hydrogen) atoms. The van der Waals surface area contributed by atoms with E-state index in [0.717, 1.165) is 11.1 Å². The van der Waals surface area contributed by atoms with Crippen LogP contribution in [0.4, 0.5) is 13.2 Å². The number of rotatable bonds is 7. The molecule has 0 aliphatic carbocycles. The highest BCUT2D eigenvalue weighted by Crippen LogP contribution is 2.42. The summed E-state index contributed by atoms with van der Waals surface area (Å²) in [5, 5.41) is 24.4. The second-order valence-electron chi connectivity index (χ2n) is 7.88. The molecule has 1 N–H and O–H groups in total. The van der Waals surface area contributed by atoms with Crippen molar-refractivity contribution in [2.45, 2.75) is 38.5 Å². The molecule has 1 atom stereocenters. The quantitative estimate of drug-likeness (QED) is 0.158. The van der Waals surface area contributed by atoms with Gasteiger partial charge in [0.2, 0.25) is 11.4 Å². The standard InChI is InChI=1S/C19H23ClF3N3O6/c1-18(2,3)13-9-15-11(8-14(13)20)7-12(16(32-15)19(21,22)23)17(28)30-10-31-24-26(29)25(4)5-6-27/h7-9,16,27H,5-6,10H2,1-4H3/b26-24-. The van der Waals surface area contributed by atoms with Crippen molar-refractivity contribution in [3.05, 3.63) is 39.1 Å². The number of carbonyl (C=O) groups is 1. The first-order chi connectivity index (χ1) is 14.8. The second-order valence-corrected chi connectivity index (χ2v) is 8.28. The van der Waals surface area contributed by atoms with Gasteiger partial charge in [-0.25, -0.2) is 4.79 Å². The average molecular weight is 482 g/mol. The normalized spacial score (nSPS) is 16.6. The predicted octanol–water partition coefficient (Wildman–Crippen LogP) is 3.58. The second kappa shape index (κ2) is 9.82. The highest BCUT2D eigenvalue weighted by atomic mass is 35.5. The summed E-state index contributed by atoms with van der Waals surface area (Å²) in [7, 11) is 1.30. The van der Waals surface area contributed by atoms with Gasteiger partial charge in [-0.1, -0.05) is 32.4 Å². The number of fused-ring (bicyclic) bond motifs is 1. The molecular formula is C19H23ClF3N3O6. The number of hydrogen-bond donors (Lipinski definition) is 1. The molecule has 9 nitrogen and oxygen atoms in total. The number of alkyl halides is 3. The van der Waals surface area contributed by atoms with Gasteiger partial charge in [-0.15, -0.1) is 5.01 Å². The lowest BCUT2D eigenvalue weighted by molar-refractivity contribution is -0.706. The first-order valence-corrected chi connectivity index (χ1v) is 9.71. The van der Waals surface area contributed by atoms with Crippen molar-refractivity contribution in [2.24, 2.45) is 5.28 Å². The number of halogens is 4. The molecule has 1 aliphatic heterocycles. The Hall–Kier alpha value is -2.73. The first-order valence-electron chi connectivity index (χ1n) is 9.34. The van der Waals surface area contributed by atoms with Crippen LogP contribution in [0.1, 0.15) is 31.9 Å². The van der Waals surface area contributed by atoms with Crippen molar-refractivity contribution in [1.82, 2.24) is 5.01 Å². The highest BCUT2D eigenvalue weighted by Gasteiger charge is 2.49. The van der Waals surface area contributed by atoms with Gasteiger partial charge in [-0.3, -0.25) is 0 Å². The van der Waals surface area contributed by atoms with E-state index < -0.39 is 36.0 Å². The summed E-state index contributed by atoms with van der Waals surface area (Å²) in [5.41, 5.74) is -0.503. The Morgan fingerprint density at radius 3 is 2.59 bits per heavy atom. The Balaban J connectivity index is 2.24. The summed E-state index contributed by atoms with van der Waals surface area (Å²) < 4.78 is 50.5. The molecular weight excluding hydrogens is 459 g/mol. The van der Waals surface area contributed by atoms with Crippen LogP contribution in [0, 0.1) is 5.21 Å². The Bertz CT molecular complexity index is 915. The molecule has 0 saturated heterocycles. The van der Waals surface area contributed by atoms with Crippen LogP contribution in [-0.2, 0) is 19.8 Å². The Morgan fingerprint density at radius 2 is 2.03 bits per heavy atom. The zero-order valence-electron chi connectivity index (χ0n) is 17.8. The smallest absolute Gasteiger partial charge is 0.430 e. The Morgan fingerprint density at radius 1 is 1.38 bits per heavy atom. The molecule has 13 heteroatoms. The minimum absolute atomic E-state index is 0.0311. The number of carbonyl (C=O) groups excluding carboxylic acids is 1. The van der Waals surface area contributed by atoms with Gasteiger partial charge in [0.05, 0.1) is 30.7 Å². The lowest BCUT2D eigenvalue weighted by Gasteiger charge is -2.30. The fourth-order valence-corrected chi connectivity index (χ4v) is 3.19. The van der Waals surface area contributed by atoms with Gasteiger partial charge >= 0.3 is 12.1 Å². The van der Waals surface area contributed by atoms with E-state index in [1.165, 1.54) is 19.2 Å². The number of nitrogens with zero attached hydrogens (tertiary/aromatic N) is 3. The number of aliphatic hydroxyl groups is 1. The SMILES string of the molecule is CN(CCO)/[N+]([O-])=N/OCOC(=O)C1=Cc2cc(Cl)c(C(C)(C)C)cc2OC1C(F)(F)F.